The number of fused-ring (bicyclic) bond motifs is 2. The summed E-state index contributed by atoms with van der Waals surface area (Å²) in [6.07, 6.45) is 1.57. The summed E-state index contributed by atoms with van der Waals surface area (Å²) in [6.45, 7) is 2.18. The first kappa shape index (κ1) is 28.7. The van der Waals surface area contributed by atoms with Gasteiger partial charge in [-0.2, -0.15) is 0 Å². The van der Waals surface area contributed by atoms with Gasteiger partial charge in [-0.3, -0.25) is 19.2 Å². The van der Waals surface area contributed by atoms with Crippen LogP contribution < -0.4 is 19.3 Å². The minimum Gasteiger partial charge on any atom is -0.486 e. The van der Waals surface area contributed by atoms with Gasteiger partial charge in [-0.15, -0.1) is 0 Å². The Morgan fingerprint density at radius 1 is 0.805 bits per heavy atom. The summed E-state index contributed by atoms with van der Waals surface area (Å²) in [6, 6.07) is 11.0. The van der Waals surface area contributed by atoms with E-state index in [1.165, 1.54) is 0 Å². The third-order valence-electron chi connectivity index (χ3n) is 7.49. The molecule has 0 bridgehead atoms. The number of ether oxygens (including phenoxy) is 4. The summed E-state index contributed by atoms with van der Waals surface area (Å²) in [7, 11) is 1.57. The van der Waals surface area contributed by atoms with Gasteiger partial charge in [0, 0.05) is 86.8 Å². The molecule has 218 valence electrons. The maximum atomic E-state index is 12.2. The molecule has 6 rings (SSSR count). The molecule has 0 radical (unpaired) electrons. The summed E-state index contributed by atoms with van der Waals surface area (Å²) in [5.74, 6) is 1.81. The number of methoxy groups -OCH3 is 1. The first-order valence-electron chi connectivity index (χ1n) is 13.7. The molecule has 2 amide bonds. The monoisotopic (exact) mass is 566 g/mol. The van der Waals surface area contributed by atoms with Gasteiger partial charge in [0.25, 0.3) is 0 Å². The molecule has 2 atom stereocenters. The number of hydrogen-bond acceptors (Lipinski definition) is 9. The molecule has 0 aromatic heterocycles. The van der Waals surface area contributed by atoms with Crippen LogP contribution in [0, 0.1) is 11.8 Å². The minimum absolute atomic E-state index is 0.00131. The SMILES string of the molecule is COCOC[C@H]1CC(=O)N(c2ccc3c(c2)CC(=O)CO3)C1.O=C1COc2ccc(N3C[C@@H](CO)CC3=O)cc2C1. The lowest BCUT2D eigenvalue weighted by Gasteiger charge is -2.21. The molecule has 41 heavy (non-hydrogen) atoms. The predicted molar refractivity (Wildman–Crippen MR) is 147 cm³/mol. The zero-order valence-corrected chi connectivity index (χ0v) is 23.0. The Morgan fingerprint density at radius 3 is 1.80 bits per heavy atom. The first-order chi connectivity index (χ1) is 19.8. The van der Waals surface area contributed by atoms with Gasteiger partial charge >= 0.3 is 0 Å². The summed E-state index contributed by atoms with van der Waals surface area (Å²) in [4.78, 5) is 50.4. The number of benzene rings is 2. The van der Waals surface area contributed by atoms with E-state index in [1.807, 2.05) is 30.3 Å². The van der Waals surface area contributed by atoms with Crippen LogP contribution in [0.3, 0.4) is 0 Å². The van der Waals surface area contributed by atoms with E-state index < -0.39 is 0 Å². The number of hydrogen-bond donors (Lipinski definition) is 1. The molecule has 2 aromatic carbocycles. The highest BCUT2D eigenvalue weighted by atomic mass is 16.7. The van der Waals surface area contributed by atoms with E-state index in [0.717, 1.165) is 28.3 Å². The number of rotatable bonds is 7. The normalized spacial score (nSPS) is 21.6. The molecule has 2 saturated heterocycles. The van der Waals surface area contributed by atoms with Gasteiger partial charge in [0.05, 0.1) is 6.61 Å². The summed E-state index contributed by atoms with van der Waals surface area (Å²) in [5.41, 5.74) is 3.27. The van der Waals surface area contributed by atoms with Crippen molar-refractivity contribution in [2.24, 2.45) is 11.8 Å². The minimum atomic E-state index is 0.00131. The molecule has 4 heterocycles. The number of aliphatic hydroxyl groups excluding tert-OH is 1. The molecule has 0 saturated carbocycles. The number of anilines is 2. The molecule has 0 unspecified atom stereocenters. The number of nitrogens with zero attached hydrogens (tertiary/aromatic N) is 2. The van der Waals surface area contributed by atoms with Crippen LogP contribution in [0.5, 0.6) is 11.5 Å². The second-order valence-electron chi connectivity index (χ2n) is 10.7. The van der Waals surface area contributed by atoms with Crippen molar-refractivity contribution < 1.29 is 43.2 Å². The van der Waals surface area contributed by atoms with Crippen molar-refractivity contribution in [1.29, 1.82) is 0 Å². The quantitative estimate of drug-likeness (QED) is 0.393. The molecule has 1 N–H and O–H groups in total. The van der Waals surface area contributed by atoms with Gasteiger partial charge in [0.15, 0.2) is 11.6 Å². The van der Waals surface area contributed by atoms with Crippen LogP contribution in [-0.2, 0) is 41.5 Å². The van der Waals surface area contributed by atoms with Crippen molar-refractivity contribution in [2.75, 3.05) is 63.2 Å². The highest BCUT2D eigenvalue weighted by molar-refractivity contribution is 5.97. The summed E-state index contributed by atoms with van der Waals surface area (Å²) < 4.78 is 20.9. The molecule has 0 aliphatic carbocycles. The smallest absolute Gasteiger partial charge is 0.227 e. The van der Waals surface area contributed by atoms with E-state index in [2.05, 4.69) is 0 Å². The van der Waals surface area contributed by atoms with Crippen LogP contribution in [0.1, 0.15) is 24.0 Å². The predicted octanol–water partition coefficient (Wildman–Crippen LogP) is 1.70. The zero-order chi connectivity index (χ0) is 28.9. The Kier molecular flexibility index (Phi) is 8.96. The number of amides is 2. The van der Waals surface area contributed by atoms with E-state index in [0.29, 0.717) is 51.1 Å². The maximum absolute atomic E-state index is 12.2. The summed E-state index contributed by atoms with van der Waals surface area (Å²) >= 11 is 0. The van der Waals surface area contributed by atoms with Gasteiger partial charge < -0.3 is 33.9 Å². The number of aliphatic hydroxyl groups is 1. The molecule has 11 nitrogen and oxygen atoms in total. The van der Waals surface area contributed by atoms with Gasteiger partial charge in [0.2, 0.25) is 11.8 Å². The highest BCUT2D eigenvalue weighted by Gasteiger charge is 2.32. The maximum Gasteiger partial charge on any atom is 0.227 e. The van der Waals surface area contributed by atoms with Crippen LogP contribution >= 0.6 is 0 Å². The van der Waals surface area contributed by atoms with Gasteiger partial charge in [-0.05, 0) is 36.4 Å². The standard InChI is InChI=1S/C16H19NO5.C14H15NO4/c1-20-10-21-8-11-4-16(19)17(7-11)13-2-3-15-12(5-13)6-14(18)9-22-15;16-7-9-3-14(18)15(6-9)11-1-2-13-10(4-11)5-12(17)8-19-13/h2-3,5,11H,4,6-10H2,1H3;1-2,4,9,16H,3,5-8H2/t11-;9-/m00/s1. The topological polar surface area (TPSA) is 132 Å². The first-order valence-corrected chi connectivity index (χ1v) is 13.7. The Labute approximate surface area is 237 Å². The third kappa shape index (κ3) is 6.75. The highest BCUT2D eigenvalue weighted by Crippen LogP contribution is 2.33. The number of ketones is 2. The molecule has 4 aliphatic heterocycles. The molecule has 11 heteroatoms. The van der Waals surface area contributed by atoms with Crippen LogP contribution in [0.15, 0.2) is 36.4 Å². The summed E-state index contributed by atoms with van der Waals surface area (Å²) in [5, 5.41) is 9.13. The largest absolute Gasteiger partial charge is 0.486 e. The lowest BCUT2D eigenvalue weighted by molar-refractivity contribution is -0.122. The third-order valence-corrected chi connectivity index (χ3v) is 7.49. The number of Topliss-reactive ketones (excluding diaryl/α,β-unsaturated/α-hetero) is 2. The Balaban J connectivity index is 0.000000166. The van der Waals surface area contributed by atoms with Crippen LogP contribution in [0.25, 0.3) is 0 Å². The van der Waals surface area contributed by atoms with Crippen molar-refractivity contribution in [3.05, 3.63) is 47.5 Å². The Hall–Kier alpha value is -3.80. The van der Waals surface area contributed by atoms with Crippen LogP contribution in [0.4, 0.5) is 11.4 Å². The second-order valence-corrected chi connectivity index (χ2v) is 10.7. The molecular weight excluding hydrogens is 532 g/mol. The number of carbonyl (C=O) groups is 4. The van der Waals surface area contributed by atoms with Gasteiger partial charge in [0.1, 0.15) is 31.5 Å². The molecule has 0 spiro atoms. The average Bonchev–Trinajstić information content (AvgIpc) is 3.54. The van der Waals surface area contributed by atoms with Crippen LogP contribution in [-0.4, -0.2) is 81.9 Å². The van der Waals surface area contributed by atoms with Gasteiger partial charge in [-0.25, -0.2) is 0 Å². The van der Waals surface area contributed by atoms with Crippen molar-refractivity contribution in [3.8, 4) is 11.5 Å². The lowest BCUT2D eigenvalue weighted by atomic mass is 10.0. The second kappa shape index (κ2) is 12.8. The molecule has 2 aromatic rings. The van der Waals surface area contributed by atoms with Gasteiger partial charge in [-0.1, -0.05) is 0 Å². The fourth-order valence-electron chi connectivity index (χ4n) is 5.46. The van der Waals surface area contributed by atoms with Crippen LogP contribution in [0.2, 0.25) is 0 Å². The number of carbonyl (C=O) groups excluding carboxylic acids is 4. The average molecular weight is 567 g/mol. The van der Waals surface area contributed by atoms with Crippen molar-refractivity contribution in [3.63, 3.8) is 0 Å². The fourth-order valence-corrected chi connectivity index (χ4v) is 5.46. The Morgan fingerprint density at radius 2 is 1.32 bits per heavy atom. The van der Waals surface area contributed by atoms with Crippen molar-refractivity contribution in [1.82, 2.24) is 0 Å². The fraction of sp³-hybridized carbons (Fsp3) is 0.467. The zero-order valence-electron chi connectivity index (χ0n) is 23.0. The van der Waals surface area contributed by atoms with Crippen molar-refractivity contribution in [2.45, 2.75) is 25.7 Å². The lowest BCUT2D eigenvalue weighted by Crippen LogP contribution is -2.26. The molecular formula is C30H34N2O9. The van der Waals surface area contributed by atoms with Crippen molar-refractivity contribution >= 4 is 34.8 Å². The van der Waals surface area contributed by atoms with E-state index in [1.54, 1.807) is 23.0 Å². The molecule has 4 aliphatic rings. The van der Waals surface area contributed by atoms with E-state index in [9.17, 15) is 19.2 Å². The molecule has 2 fully saturated rings. The van der Waals surface area contributed by atoms with E-state index >= 15 is 0 Å². The van der Waals surface area contributed by atoms with E-state index in [4.69, 9.17) is 24.1 Å². The van der Waals surface area contributed by atoms with E-state index in [-0.39, 0.29) is 61.8 Å². The Bertz CT molecular complexity index is 1330.